The van der Waals surface area contributed by atoms with Crippen molar-refractivity contribution >= 4 is 63.4 Å². The Balaban J connectivity index is 1.01. The summed E-state index contributed by atoms with van der Waals surface area (Å²) in [7, 11) is 3.61. The molecule has 0 aliphatic carbocycles. The van der Waals surface area contributed by atoms with Gasteiger partial charge in [-0.3, -0.25) is 24.5 Å². The fourth-order valence-corrected chi connectivity index (χ4v) is 6.14. The van der Waals surface area contributed by atoms with Crippen molar-refractivity contribution in [3.05, 3.63) is 53.7 Å². The molecule has 2 saturated heterocycles. The third-order valence-corrected chi connectivity index (χ3v) is 8.61. The summed E-state index contributed by atoms with van der Waals surface area (Å²) in [6, 6.07) is 13.6. The van der Waals surface area contributed by atoms with Gasteiger partial charge in [-0.2, -0.15) is 15.3 Å². The van der Waals surface area contributed by atoms with E-state index in [-0.39, 0.29) is 24.3 Å². The van der Waals surface area contributed by atoms with Crippen LogP contribution in [-0.4, -0.2) is 70.3 Å². The van der Waals surface area contributed by atoms with Gasteiger partial charge in [0.15, 0.2) is 11.6 Å². The van der Waals surface area contributed by atoms with Gasteiger partial charge in [-0.15, -0.1) is 0 Å². The lowest BCUT2D eigenvalue weighted by Crippen LogP contribution is -2.49. The van der Waals surface area contributed by atoms with E-state index in [0.29, 0.717) is 36.1 Å². The Morgan fingerprint density at radius 2 is 1.82 bits per heavy atom. The molecule has 2 aromatic carbocycles. The number of nitrogens with one attached hydrogen (secondary N) is 3. The molecule has 14 nitrogen and oxygen atoms in total. The number of likely N-dealkylation sites (N-methyl/N-ethyl adjacent to an activating group) is 1. The van der Waals surface area contributed by atoms with E-state index >= 15 is 0 Å². The number of carbonyl (C=O) groups excluding carboxylic acids is 3. The van der Waals surface area contributed by atoms with Crippen LogP contribution in [0.5, 0.6) is 0 Å². The zero-order chi connectivity index (χ0) is 31.2. The second-order valence-electron chi connectivity index (χ2n) is 11.5. The number of nitrogens with zero attached hydrogens (tertiary/aromatic N) is 8. The fraction of sp³-hybridized carbons (Fsp3) is 0.323. The van der Waals surface area contributed by atoms with Crippen LogP contribution < -0.4 is 30.7 Å². The van der Waals surface area contributed by atoms with Crippen LogP contribution in [0.15, 0.2) is 42.6 Å². The highest BCUT2D eigenvalue weighted by atomic mass is 16.2. The SMILES string of the molecule is CN1C(=O)Cc2cc(Nc3nc(N4CCC(Nc5ccc6c(N7CCC(=O)NC7=O)nn(C)c6c5)CC4)ncc3C#N)ccc21. The molecular formula is C31H31N11O3. The van der Waals surface area contributed by atoms with Crippen molar-refractivity contribution in [3.8, 4) is 6.07 Å². The maximum Gasteiger partial charge on any atom is 0.329 e. The van der Waals surface area contributed by atoms with Gasteiger partial charge in [-0.05, 0) is 54.8 Å². The minimum Gasteiger partial charge on any atom is -0.382 e. The molecule has 228 valence electrons. The van der Waals surface area contributed by atoms with Crippen LogP contribution in [-0.2, 0) is 23.1 Å². The van der Waals surface area contributed by atoms with Gasteiger partial charge in [-0.25, -0.2) is 9.78 Å². The van der Waals surface area contributed by atoms with Gasteiger partial charge < -0.3 is 20.4 Å². The highest BCUT2D eigenvalue weighted by Crippen LogP contribution is 2.33. The molecule has 3 N–H and O–H groups in total. The van der Waals surface area contributed by atoms with Gasteiger partial charge in [0.25, 0.3) is 0 Å². The Morgan fingerprint density at radius 1 is 1.02 bits per heavy atom. The first kappa shape index (κ1) is 28.1. The van der Waals surface area contributed by atoms with E-state index in [1.165, 1.54) is 4.90 Å². The summed E-state index contributed by atoms with van der Waals surface area (Å²) in [5.41, 5.74) is 4.76. The predicted octanol–water partition coefficient (Wildman–Crippen LogP) is 3.02. The van der Waals surface area contributed by atoms with E-state index in [4.69, 9.17) is 4.98 Å². The standard InChI is InChI=1S/C31H31N11O3/c1-39-24-6-4-21(13-18(24)14-27(39)44)35-28-19(16-32)17-33-30(37-28)41-10-7-20(8-11-41)34-22-3-5-23-25(15-22)40(2)38-29(23)42-12-9-26(43)36-31(42)45/h3-6,13,15,17,20,34H,7-12,14H2,1-2H3,(H,33,35,37)(H,36,43,45). The Kier molecular flexibility index (Phi) is 6.92. The number of aryl methyl sites for hydroxylation is 1. The molecule has 0 bridgehead atoms. The van der Waals surface area contributed by atoms with Crippen molar-refractivity contribution in [1.29, 1.82) is 5.26 Å². The number of anilines is 6. The highest BCUT2D eigenvalue weighted by Gasteiger charge is 2.29. The molecule has 5 heterocycles. The topological polar surface area (TPSA) is 164 Å². The van der Waals surface area contributed by atoms with Crippen LogP contribution in [0.25, 0.3) is 10.9 Å². The molecule has 45 heavy (non-hydrogen) atoms. The Labute approximate surface area is 258 Å². The smallest absolute Gasteiger partial charge is 0.329 e. The first-order chi connectivity index (χ1) is 21.8. The van der Waals surface area contributed by atoms with E-state index < -0.39 is 6.03 Å². The van der Waals surface area contributed by atoms with Gasteiger partial charge in [0, 0.05) is 68.6 Å². The molecule has 0 saturated carbocycles. The average Bonchev–Trinajstić information content (AvgIpc) is 3.51. The first-order valence-electron chi connectivity index (χ1n) is 14.8. The summed E-state index contributed by atoms with van der Waals surface area (Å²) >= 11 is 0. The summed E-state index contributed by atoms with van der Waals surface area (Å²) < 4.78 is 1.75. The Hall–Kier alpha value is -5.71. The summed E-state index contributed by atoms with van der Waals surface area (Å²) in [5, 5.41) is 24.3. The van der Waals surface area contributed by atoms with Gasteiger partial charge in [-0.1, -0.05) is 0 Å². The summed E-state index contributed by atoms with van der Waals surface area (Å²) in [6.07, 6.45) is 3.85. The van der Waals surface area contributed by atoms with Crippen LogP contribution in [0.3, 0.4) is 0 Å². The molecule has 14 heteroatoms. The van der Waals surface area contributed by atoms with Crippen LogP contribution >= 0.6 is 0 Å². The van der Waals surface area contributed by atoms with E-state index in [0.717, 1.165) is 59.5 Å². The number of carbonyl (C=O) groups is 3. The number of urea groups is 1. The van der Waals surface area contributed by atoms with Crippen molar-refractivity contribution in [2.45, 2.75) is 31.7 Å². The summed E-state index contributed by atoms with van der Waals surface area (Å²) in [4.78, 5) is 50.5. The minimum atomic E-state index is -0.455. The van der Waals surface area contributed by atoms with Gasteiger partial charge in [0.05, 0.1) is 18.1 Å². The van der Waals surface area contributed by atoms with Gasteiger partial charge in [0.1, 0.15) is 11.6 Å². The number of benzene rings is 2. The lowest BCUT2D eigenvalue weighted by atomic mass is 10.0. The summed E-state index contributed by atoms with van der Waals surface area (Å²) in [6.45, 7) is 1.76. The third kappa shape index (κ3) is 5.22. The minimum absolute atomic E-state index is 0.0525. The van der Waals surface area contributed by atoms with Crippen LogP contribution in [0, 0.1) is 11.3 Å². The van der Waals surface area contributed by atoms with E-state index in [1.54, 1.807) is 22.8 Å². The fourth-order valence-electron chi connectivity index (χ4n) is 6.14. The molecular weight excluding hydrogens is 574 g/mol. The molecule has 4 aromatic rings. The molecule has 0 unspecified atom stereocenters. The number of imide groups is 1. The second-order valence-corrected chi connectivity index (χ2v) is 11.5. The van der Waals surface area contributed by atoms with Crippen molar-refractivity contribution in [3.63, 3.8) is 0 Å². The van der Waals surface area contributed by atoms with Gasteiger partial charge in [0.2, 0.25) is 17.8 Å². The molecule has 2 fully saturated rings. The Morgan fingerprint density at radius 3 is 2.60 bits per heavy atom. The van der Waals surface area contributed by atoms with E-state index in [2.05, 4.69) is 37.0 Å². The average molecular weight is 606 g/mol. The number of hydrogen-bond acceptors (Lipinski definition) is 10. The maximum atomic E-state index is 12.4. The van der Waals surface area contributed by atoms with E-state index in [1.807, 2.05) is 43.4 Å². The van der Waals surface area contributed by atoms with Crippen molar-refractivity contribution in [1.82, 2.24) is 25.1 Å². The molecule has 2 aromatic heterocycles. The second kappa shape index (κ2) is 11.1. The van der Waals surface area contributed by atoms with E-state index in [9.17, 15) is 19.6 Å². The van der Waals surface area contributed by atoms with Crippen LogP contribution in [0.2, 0.25) is 0 Å². The molecule has 0 spiro atoms. The van der Waals surface area contributed by atoms with Crippen molar-refractivity contribution in [2.75, 3.05) is 52.0 Å². The van der Waals surface area contributed by atoms with Crippen LogP contribution in [0.1, 0.15) is 30.4 Å². The molecule has 0 radical (unpaired) electrons. The lowest BCUT2D eigenvalue weighted by Gasteiger charge is -2.33. The molecule has 0 atom stereocenters. The number of hydrogen-bond donors (Lipinski definition) is 3. The molecule has 3 aliphatic rings. The maximum absolute atomic E-state index is 12.4. The quantitative estimate of drug-likeness (QED) is 0.298. The summed E-state index contributed by atoms with van der Waals surface area (Å²) in [5.74, 6) is 1.29. The van der Waals surface area contributed by atoms with Crippen molar-refractivity contribution in [2.24, 2.45) is 7.05 Å². The monoisotopic (exact) mass is 605 g/mol. The van der Waals surface area contributed by atoms with Gasteiger partial charge >= 0.3 is 6.03 Å². The third-order valence-electron chi connectivity index (χ3n) is 8.61. The number of aromatic nitrogens is 4. The molecule has 7 rings (SSSR count). The Bertz CT molecular complexity index is 1900. The number of fused-ring (bicyclic) bond motifs is 2. The number of amides is 4. The zero-order valence-corrected chi connectivity index (χ0v) is 24.9. The molecule has 3 aliphatic heterocycles. The number of piperidine rings is 1. The van der Waals surface area contributed by atoms with Crippen LogP contribution in [0.4, 0.5) is 39.4 Å². The predicted molar refractivity (Wildman–Crippen MR) is 169 cm³/mol. The highest BCUT2D eigenvalue weighted by molar-refractivity contribution is 6.09. The van der Waals surface area contributed by atoms with Crippen molar-refractivity contribution < 1.29 is 14.4 Å². The zero-order valence-electron chi connectivity index (χ0n) is 24.9. The number of rotatable bonds is 6. The molecule has 4 amide bonds. The number of nitriles is 1. The largest absolute Gasteiger partial charge is 0.382 e. The first-order valence-corrected chi connectivity index (χ1v) is 14.8. The normalized spacial score (nSPS) is 17.0. The lowest BCUT2D eigenvalue weighted by molar-refractivity contribution is -0.120.